The quantitative estimate of drug-likeness (QED) is 0.369. The lowest BCUT2D eigenvalue weighted by Crippen LogP contribution is -2.47. The number of benzene rings is 1. The summed E-state index contributed by atoms with van der Waals surface area (Å²) >= 11 is 3.47. The van der Waals surface area contributed by atoms with Gasteiger partial charge in [0.1, 0.15) is 10.4 Å². The molecule has 1 aliphatic heterocycles. The third kappa shape index (κ3) is 6.75. The number of pyridine rings is 1. The molecular formula is C23H33BrClN3. The molecule has 0 spiro atoms. The number of rotatable bonds is 8. The van der Waals surface area contributed by atoms with Gasteiger partial charge in [0.25, 0.3) is 0 Å². The van der Waals surface area contributed by atoms with Crippen molar-refractivity contribution in [3.05, 3.63) is 57.7 Å². The minimum Gasteiger partial charge on any atom is -0.354 e. The molecule has 1 aromatic heterocycles. The van der Waals surface area contributed by atoms with Crippen LogP contribution in [0.5, 0.6) is 0 Å². The summed E-state index contributed by atoms with van der Waals surface area (Å²) in [5, 5.41) is 0. The van der Waals surface area contributed by atoms with Crippen LogP contribution >= 0.6 is 28.3 Å². The van der Waals surface area contributed by atoms with E-state index in [0.29, 0.717) is 0 Å². The Kier molecular flexibility index (Phi) is 9.76. The van der Waals surface area contributed by atoms with Gasteiger partial charge in [0, 0.05) is 32.7 Å². The van der Waals surface area contributed by atoms with Gasteiger partial charge in [-0.2, -0.15) is 0 Å². The summed E-state index contributed by atoms with van der Waals surface area (Å²) in [4.78, 5) is 9.56. The summed E-state index contributed by atoms with van der Waals surface area (Å²) in [5.41, 5.74) is 4.49. The van der Waals surface area contributed by atoms with Gasteiger partial charge in [-0.3, -0.25) is 4.90 Å². The van der Waals surface area contributed by atoms with Crippen molar-refractivity contribution in [1.29, 1.82) is 0 Å². The predicted octanol–water partition coefficient (Wildman–Crippen LogP) is 5.67. The number of anilines is 1. The van der Waals surface area contributed by atoms with Crippen molar-refractivity contribution in [3.63, 3.8) is 0 Å². The highest BCUT2D eigenvalue weighted by atomic mass is 79.9. The first-order valence-corrected chi connectivity index (χ1v) is 11.1. The van der Waals surface area contributed by atoms with E-state index in [9.17, 15) is 0 Å². The Labute approximate surface area is 185 Å². The van der Waals surface area contributed by atoms with Crippen LogP contribution in [0.15, 0.2) is 41.0 Å². The molecule has 3 nitrogen and oxygen atoms in total. The lowest BCUT2D eigenvalue weighted by molar-refractivity contribution is 0.260. The minimum atomic E-state index is 0. The van der Waals surface area contributed by atoms with E-state index in [1.807, 2.05) is 6.07 Å². The SMILES string of the molecule is CCCCCc1cc(CCN2CCN(c3cccc(Br)n3)CC2)ccc1C.Cl. The van der Waals surface area contributed by atoms with Gasteiger partial charge in [-0.15, -0.1) is 12.4 Å². The van der Waals surface area contributed by atoms with E-state index < -0.39 is 0 Å². The van der Waals surface area contributed by atoms with E-state index in [2.05, 4.69) is 74.9 Å². The first-order valence-electron chi connectivity index (χ1n) is 10.3. The maximum atomic E-state index is 4.59. The van der Waals surface area contributed by atoms with Gasteiger partial charge < -0.3 is 4.90 Å². The monoisotopic (exact) mass is 465 g/mol. The van der Waals surface area contributed by atoms with Crippen LogP contribution in [0.2, 0.25) is 0 Å². The molecular weight excluding hydrogens is 434 g/mol. The lowest BCUT2D eigenvalue weighted by atomic mass is 9.98. The molecule has 3 rings (SSSR count). The fourth-order valence-electron chi connectivity index (χ4n) is 3.78. The number of unbranched alkanes of at least 4 members (excludes halogenated alkanes) is 2. The van der Waals surface area contributed by atoms with E-state index in [4.69, 9.17) is 0 Å². The molecule has 2 heterocycles. The van der Waals surface area contributed by atoms with Gasteiger partial charge in [-0.1, -0.05) is 44.0 Å². The summed E-state index contributed by atoms with van der Waals surface area (Å²) in [7, 11) is 0. The van der Waals surface area contributed by atoms with Crippen molar-refractivity contribution in [2.24, 2.45) is 0 Å². The molecule has 5 heteroatoms. The van der Waals surface area contributed by atoms with Crippen molar-refractivity contribution >= 4 is 34.2 Å². The van der Waals surface area contributed by atoms with Gasteiger partial charge >= 0.3 is 0 Å². The fraction of sp³-hybridized carbons (Fsp3) is 0.522. The Hall–Kier alpha value is -1.10. The van der Waals surface area contributed by atoms with Crippen LogP contribution in [0.3, 0.4) is 0 Å². The molecule has 2 aromatic rings. The number of halogens is 2. The maximum absolute atomic E-state index is 4.59. The predicted molar refractivity (Wildman–Crippen MR) is 126 cm³/mol. The number of piperazine rings is 1. The average molecular weight is 467 g/mol. The first-order chi connectivity index (χ1) is 13.2. The Morgan fingerprint density at radius 2 is 1.79 bits per heavy atom. The Morgan fingerprint density at radius 1 is 1.00 bits per heavy atom. The molecule has 1 aliphatic rings. The van der Waals surface area contributed by atoms with Crippen molar-refractivity contribution in [2.75, 3.05) is 37.6 Å². The summed E-state index contributed by atoms with van der Waals surface area (Å²) in [6, 6.07) is 13.2. The van der Waals surface area contributed by atoms with E-state index in [1.54, 1.807) is 5.56 Å². The van der Waals surface area contributed by atoms with Gasteiger partial charge in [-0.25, -0.2) is 4.98 Å². The standard InChI is InChI=1S/C23H32BrN3.ClH/c1-3-4-5-7-21-18-20(11-10-19(21)2)12-13-26-14-16-27(17-15-26)23-9-6-8-22(24)25-23;/h6,8-11,18H,3-5,7,12-17H2,1-2H3;1H. The van der Waals surface area contributed by atoms with E-state index in [0.717, 1.165) is 49.6 Å². The average Bonchev–Trinajstić information content (AvgIpc) is 2.69. The molecule has 0 N–H and O–H groups in total. The van der Waals surface area contributed by atoms with E-state index in [-0.39, 0.29) is 12.4 Å². The number of hydrogen-bond donors (Lipinski definition) is 0. The summed E-state index contributed by atoms with van der Waals surface area (Å²) in [5.74, 6) is 1.08. The third-order valence-electron chi connectivity index (χ3n) is 5.58. The van der Waals surface area contributed by atoms with Gasteiger partial charge in [-0.05, 0) is 70.9 Å². The van der Waals surface area contributed by atoms with Crippen LogP contribution in [0.1, 0.15) is 42.9 Å². The Balaban J connectivity index is 0.00000280. The van der Waals surface area contributed by atoms with E-state index >= 15 is 0 Å². The first kappa shape index (κ1) is 23.2. The van der Waals surface area contributed by atoms with Crippen LogP contribution in [-0.4, -0.2) is 42.6 Å². The van der Waals surface area contributed by atoms with Crippen molar-refractivity contribution in [2.45, 2.75) is 46.0 Å². The van der Waals surface area contributed by atoms with Crippen molar-refractivity contribution in [3.8, 4) is 0 Å². The summed E-state index contributed by atoms with van der Waals surface area (Å²) < 4.78 is 0.913. The number of aryl methyl sites for hydroxylation is 2. The second kappa shape index (κ2) is 11.8. The Bertz CT molecular complexity index is 730. The molecule has 1 aromatic carbocycles. The molecule has 28 heavy (non-hydrogen) atoms. The molecule has 0 aliphatic carbocycles. The van der Waals surface area contributed by atoms with Gasteiger partial charge in [0.15, 0.2) is 0 Å². The summed E-state index contributed by atoms with van der Waals surface area (Å²) in [6.07, 6.45) is 6.31. The lowest BCUT2D eigenvalue weighted by Gasteiger charge is -2.35. The minimum absolute atomic E-state index is 0. The molecule has 0 unspecified atom stereocenters. The molecule has 0 atom stereocenters. The second-order valence-electron chi connectivity index (χ2n) is 7.62. The molecule has 1 saturated heterocycles. The van der Waals surface area contributed by atoms with Crippen LogP contribution in [0, 0.1) is 6.92 Å². The largest absolute Gasteiger partial charge is 0.354 e. The highest BCUT2D eigenvalue weighted by molar-refractivity contribution is 9.10. The molecule has 0 bridgehead atoms. The smallest absolute Gasteiger partial charge is 0.129 e. The second-order valence-corrected chi connectivity index (χ2v) is 8.43. The maximum Gasteiger partial charge on any atom is 0.129 e. The number of aromatic nitrogens is 1. The molecule has 154 valence electrons. The van der Waals surface area contributed by atoms with Gasteiger partial charge in [0.05, 0.1) is 0 Å². The molecule has 0 radical (unpaired) electrons. The van der Waals surface area contributed by atoms with Crippen LogP contribution < -0.4 is 4.90 Å². The Morgan fingerprint density at radius 3 is 2.50 bits per heavy atom. The fourth-order valence-corrected chi connectivity index (χ4v) is 4.11. The molecule has 0 saturated carbocycles. The van der Waals surface area contributed by atoms with Gasteiger partial charge in [0.2, 0.25) is 0 Å². The van der Waals surface area contributed by atoms with Crippen LogP contribution in [0.4, 0.5) is 5.82 Å². The zero-order chi connectivity index (χ0) is 19.1. The van der Waals surface area contributed by atoms with Crippen molar-refractivity contribution < 1.29 is 0 Å². The summed E-state index contributed by atoms with van der Waals surface area (Å²) in [6.45, 7) is 10.0. The normalized spacial score (nSPS) is 14.8. The molecule has 1 fully saturated rings. The highest BCUT2D eigenvalue weighted by Gasteiger charge is 2.18. The topological polar surface area (TPSA) is 19.4 Å². The van der Waals surface area contributed by atoms with E-state index in [1.165, 1.54) is 36.8 Å². The number of nitrogens with zero attached hydrogens (tertiary/aromatic N) is 3. The molecule has 0 amide bonds. The third-order valence-corrected chi connectivity index (χ3v) is 6.02. The highest BCUT2D eigenvalue weighted by Crippen LogP contribution is 2.18. The van der Waals surface area contributed by atoms with Crippen LogP contribution in [0.25, 0.3) is 0 Å². The van der Waals surface area contributed by atoms with Crippen molar-refractivity contribution in [1.82, 2.24) is 9.88 Å². The zero-order valence-corrected chi connectivity index (χ0v) is 19.6. The number of hydrogen-bond acceptors (Lipinski definition) is 3. The zero-order valence-electron chi connectivity index (χ0n) is 17.2. The van der Waals surface area contributed by atoms with Crippen LogP contribution in [-0.2, 0) is 12.8 Å².